The normalized spacial score (nSPS) is 12.5. The van der Waals surface area contributed by atoms with Crippen molar-refractivity contribution in [3.8, 4) is 11.5 Å². The van der Waals surface area contributed by atoms with Gasteiger partial charge >= 0.3 is 0 Å². The number of hydrogen-bond donors (Lipinski definition) is 3. The third-order valence-electron chi connectivity index (χ3n) is 4.86. The number of aliphatic imine (C=N–C) groups is 1. The summed E-state index contributed by atoms with van der Waals surface area (Å²) in [5.74, 6) is 2.35. The summed E-state index contributed by atoms with van der Waals surface area (Å²) in [4.78, 5) is 16.7. The molecule has 1 aliphatic heterocycles. The van der Waals surface area contributed by atoms with Crippen LogP contribution in [0.5, 0.6) is 11.5 Å². The molecule has 1 aliphatic rings. The molecule has 1 amide bonds. The first-order valence-corrected chi connectivity index (χ1v) is 10.6. The van der Waals surface area contributed by atoms with Gasteiger partial charge in [-0.15, -0.1) is 0 Å². The van der Waals surface area contributed by atoms with Gasteiger partial charge in [0.05, 0.1) is 12.8 Å². The molecule has 0 radical (unpaired) electrons. The smallest absolute Gasteiger partial charge is 0.291 e. The standard InChI is InChI=1S/C24H26N4O4/c1-2-25-24(26-12-11-17-7-10-20-22(14-17)32-16-31-20)27-15-18-5-8-19(9-6-18)28-23(29)21-4-3-13-30-21/h3-10,13-14H,2,11-12,15-16H2,1H3,(H,28,29)(H2,25,26,27). The van der Waals surface area contributed by atoms with E-state index in [9.17, 15) is 4.79 Å². The van der Waals surface area contributed by atoms with Gasteiger partial charge in [0, 0.05) is 18.8 Å². The van der Waals surface area contributed by atoms with E-state index in [0.717, 1.165) is 42.5 Å². The van der Waals surface area contributed by atoms with Crippen LogP contribution in [0.1, 0.15) is 28.6 Å². The van der Waals surface area contributed by atoms with Gasteiger partial charge in [0.1, 0.15) is 0 Å². The first kappa shape index (κ1) is 21.3. The molecule has 2 heterocycles. The van der Waals surface area contributed by atoms with Gasteiger partial charge in [-0.2, -0.15) is 0 Å². The van der Waals surface area contributed by atoms with E-state index in [1.165, 1.54) is 11.8 Å². The minimum Gasteiger partial charge on any atom is -0.459 e. The average Bonchev–Trinajstić information content (AvgIpc) is 3.50. The molecule has 32 heavy (non-hydrogen) atoms. The fraction of sp³-hybridized carbons (Fsp3) is 0.250. The molecule has 0 unspecified atom stereocenters. The summed E-state index contributed by atoms with van der Waals surface area (Å²) in [7, 11) is 0. The van der Waals surface area contributed by atoms with Gasteiger partial charge in [-0.1, -0.05) is 18.2 Å². The Bertz CT molecular complexity index is 1060. The van der Waals surface area contributed by atoms with Gasteiger partial charge in [0.25, 0.3) is 5.91 Å². The van der Waals surface area contributed by atoms with Gasteiger partial charge in [-0.3, -0.25) is 4.79 Å². The number of guanidine groups is 1. The third kappa shape index (κ3) is 5.60. The number of furan rings is 1. The van der Waals surface area contributed by atoms with Crippen molar-refractivity contribution in [1.29, 1.82) is 0 Å². The molecule has 2 aromatic carbocycles. The molecular weight excluding hydrogens is 408 g/mol. The van der Waals surface area contributed by atoms with Crippen molar-refractivity contribution < 1.29 is 18.7 Å². The number of ether oxygens (including phenoxy) is 2. The molecule has 166 valence electrons. The molecule has 0 spiro atoms. The lowest BCUT2D eigenvalue weighted by molar-refractivity contribution is 0.0996. The Kier molecular flexibility index (Phi) is 6.91. The topological polar surface area (TPSA) is 97.1 Å². The summed E-state index contributed by atoms with van der Waals surface area (Å²) in [6, 6.07) is 16.9. The van der Waals surface area contributed by atoms with E-state index in [-0.39, 0.29) is 18.5 Å². The van der Waals surface area contributed by atoms with Crippen molar-refractivity contribution >= 4 is 17.6 Å². The van der Waals surface area contributed by atoms with Crippen LogP contribution in [0.2, 0.25) is 0 Å². The van der Waals surface area contributed by atoms with Gasteiger partial charge in [0.2, 0.25) is 6.79 Å². The molecular formula is C24H26N4O4. The van der Waals surface area contributed by atoms with Crippen LogP contribution in [-0.4, -0.2) is 31.7 Å². The number of fused-ring (bicyclic) bond motifs is 1. The van der Waals surface area contributed by atoms with Crippen molar-refractivity contribution in [2.45, 2.75) is 19.9 Å². The Balaban J connectivity index is 1.28. The molecule has 0 aliphatic carbocycles. The zero-order chi connectivity index (χ0) is 22.2. The maximum atomic E-state index is 12.0. The van der Waals surface area contributed by atoms with E-state index in [2.05, 4.69) is 20.9 Å². The van der Waals surface area contributed by atoms with Gasteiger partial charge in [-0.05, 0) is 60.9 Å². The minimum atomic E-state index is -0.276. The lowest BCUT2D eigenvalue weighted by Crippen LogP contribution is -2.38. The SMILES string of the molecule is CCNC(=NCc1ccc(NC(=O)c2ccco2)cc1)NCCc1ccc2c(c1)OCO2. The number of anilines is 1. The van der Waals surface area contributed by atoms with Crippen molar-refractivity contribution in [3.05, 3.63) is 77.7 Å². The van der Waals surface area contributed by atoms with Crippen molar-refractivity contribution in [1.82, 2.24) is 10.6 Å². The number of hydrogen-bond acceptors (Lipinski definition) is 5. The van der Waals surface area contributed by atoms with Gasteiger partial charge in [0.15, 0.2) is 23.2 Å². The first-order valence-electron chi connectivity index (χ1n) is 10.6. The summed E-state index contributed by atoms with van der Waals surface area (Å²) >= 11 is 0. The Morgan fingerprint density at radius 3 is 2.59 bits per heavy atom. The second-order valence-corrected chi connectivity index (χ2v) is 7.19. The third-order valence-corrected chi connectivity index (χ3v) is 4.86. The lowest BCUT2D eigenvalue weighted by atomic mass is 10.1. The van der Waals surface area contributed by atoms with E-state index in [4.69, 9.17) is 13.9 Å². The van der Waals surface area contributed by atoms with Crippen LogP contribution in [0, 0.1) is 0 Å². The zero-order valence-corrected chi connectivity index (χ0v) is 17.9. The molecule has 8 heteroatoms. The zero-order valence-electron chi connectivity index (χ0n) is 17.9. The molecule has 1 aromatic heterocycles. The highest BCUT2D eigenvalue weighted by atomic mass is 16.7. The Labute approximate surface area is 186 Å². The number of nitrogens with zero attached hydrogens (tertiary/aromatic N) is 1. The number of rotatable bonds is 8. The molecule has 8 nitrogen and oxygen atoms in total. The quantitative estimate of drug-likeness (QED) is 0.371. The Hall–Kier alpha value is -3.94. The number of carbonyl (C=O) groups excluding carboxylic acids is 1. The predicted octanol–water partition coefficient (Wildman–Crippen LogP) is 3.56. The van der Waals surface area contributed by atoms with Crippen molar-refractivity contribution in [3.63, 3.8) is 0 Å². The highest BCUT2D eigenvalue weighted by Crippen LogP contribution is 2.32. The van der Waals surface area contributed by atoms with E-state index in [1.54, 1.807) is 12.1 Å². The second-order valence-electron chi connectivity index (χ2n) is 7.19. The summed E-state index contributed by atoms with van der Waals surface area (Å²) in [6.45, 7) is 4.35. The predicted molar refractivity (Wildman–Crippen MR) is 122 cm³/mol. The van der Waals surface area contributed by atoms with Crippen LogP contribution in [0.25, 0.3) is 0 Å². The van der Waals surface area contributed by atoms with Crippen LogP contribution in [-0.2, 0) is 13.0 Å². The van der Waals surface area contributed by atoms with E-state index in [0.29, 0.717) is 12.2 Å². The molecule has 0 fully saturated rings. The van der Waals surface area contributed by atoms with Gasteiger partial charge < -0.3 is 29.8 Å². The average molecular weight is 434 g/mol. The number of nitrogens with one attached hydrogen (secondary N) is 3. The minimum absolute atomic E-state index is 0.276. The monoisotopic (exact) mass is 434 g/mol. The summed E-state index contributed by atoms with van der Waals surface area (Å²) in [5, 5.41) is 9.43. The van der Waals surface area contributed by atoms with Crippen LogP contribution in [0.3, 0.4) is 0 Å². The summed E-state index contributed by atoms with van der Waals surface area (Å²) in [5.41, 5.74) is 2.91. The lowest BCUT2D eigenvalue weighted by Gasteiger charge is -2.12. The molecule has 0 saturated heterocycles. The molecule has 0 atom stereocenters. The summed E-state index contributed by atoms with van der Waals surface area (Å²) in [6.07, 6.45) is 2.31. The fourth-order valence-corrected chi connectivity index (χ4v) is 3.23. The number of benzene rings is 2. The Morgan fingerprint density at radius 1 is 1.00 bits per heavy atom. The van der Waals surface area contributed by atoms with Crippen molar-refractivity contribution in [2.24, 2.45) is 4.99 Å². The van der Waals surface area contributed by atoms with Gasteiger partial charge in [-0.25, -0.2) is 4.99 Å². The molecule has 4 rings (SSSR count). The summed E-state index contributed by atoms with van der Waals surface area (Å²) < 4.78 is 15.9. The molecule has 0 saturated carbocycles. The van der Waals surface area contributed by atoms with Crippen molar-refractivity contribution in [2.75, 3.05) is 25.2 Å². The van der Waals surface area contributed by atoms with Crippen LogP contribution < -0.4 is 25.4 Å². The second kappa shape index (κ2) is 10.4. The van der Waals surface area contributed by atoms with Crippen LogP contribution >= 0.6 is 0 Å². The maximum Gasteiger partial charge on any atom is 0.291 e. The highest BCUT2D eigenvalue weighted by Gasteiger charge is 2.13. The highest BCUT2D eigenvalue weighted by molar-refractivity contribution is 6.02. The molecule has 3 aromatic rings. The fourth-order valence-electron chi connectivity index (χ4n) is 3.23. The van der Waals surface area contributed by atoms with Crippen LogP contribution in [0.4, 0.5) is 5.69 Å². The van der Waals surface area contributed by atoms with Crippen LogP contribution in [0.15, 0.2) is 70.3 Å². The Morgan fingerprint density at radius 2 is 1.81 bits per heavy atom. The first-order chi connectivity index (χ1) is 15.7. The van der Waals surface area contributed by atoms with E-state index >= 15 is 0 Å². The number of amides is 1. The van der Waals surface area contributed by atoms with E-state index in [1.807, 2.05) is 49.4 Å². The largest absolute Gasteiger partial charge is 0.459 e. The maximum absolute atomic E-state index is 12.0. The molecule has 3 N–H and O–H groups in total. The molecule has 0 bridgehead atoms. The number of carbonyl (C=O) groups is 1. The van der Waals surface area contributed by atoms with E-state index < -0.39 is 0 Å².